The number of amides is 1. The number of benzene rings is 1. The van der Waals surface area contributed by atoms with Crippen molar-refractivity contribution < 1.29 is 9.53 Å². The second-order valence-corrected chi connectivity index (χ2v) is 3.86. The summed E-state index contributed by atoms with van der Waals surface area (Å²) < 4.78 is 5.12. The van der Waals surface area contributed by atoms with Crippen LogP contribution in [0.5, 0.6) is 5.75 Å². The molecular formula is C13H13N3O3. The van der Waals surface area contributed by atoms with Gasteiger partial charge in [-0.2, -0.15) is 0 Å². The van der Waals surface area contributed by atoms with Gasteiger partial charge in [0.15, 0.2) is 0 Å². The van der Waals surface area contributed by atoms with Crippen molar-refractivity contribution in [1.29, 1.82) is 0 Å². The van der Waals surface area contributed by atoms with Crippen molar-refractivity contribution in [2.45, 2.75) is 0 Å². The standard InChI is InChI=1S/C13H13N3O3/c1-19-11-3-2-9(14)7-10(11)16-13(18)8-4-5-15-12(17)6-8/h2-7H,14H2,1H3,(H,15,17)(H,16,18). The van der Waals surface area contributed by atoms with Crippen molar-refractivity contribution in [3.63, 3.8) is 0 Å². The molecule has 1 aromatic carbocycles. The first-order valence-corrected chi connectivity index (χ1v) is 5.54. The summed E-state index contributed by atoms with van der Waals surface area (Å²) in [5.74, 6) is 0.0855. The zero-order chi connectivity index (χ0) is 13.8. The number of anilines is 2. The number of nitrogens with two attached hydrogens (primary N) is 1. The number of nitrogens with one attached hydrogen (secondary N) is 2. The Kier molecular flexibility index (Phi) is 3.51. The number of hydrogen-bond donors (Lipinski definition) is 3. The van der Waals surface area contributed by atoms with Gasteiger partial charge in [0, 0.05) is 23.5 Å². The molecule has 0 aliphatic carbocycles. The van der Waals surface area contributed by atoms with Crippen molar-refractivity contribution in [3.8, 4) is 5.75 Å². The van der Waals surface area contributed by atoms with Crippen LogP contribution in [0, 0.1) is 0 Å². The molecule has 6 heteroatoms. The van der Waals surface area contributed by atoms with Crippen LogP contribution in [-0.4, -0.2) is 18.0 Å². The smallest absolute Gasteiger partial charge is 0.256 e. The van der Waals surface area contributed by atoms with Gasteiger partial charge in [-0.1, -0.05) is 0 Å². The van der Waals surface area contributed by atoms with Crippen molar-refractivity contribution in [2.75, 3.05) is 18.2 Å². The molecule has 0 saturated heterocycles. The van der Waals surface area contributed by atoms with E-state index in [1.807, 2.05) is 0 Å². The van der Waals surface area contributed by atoms with Crippen LogP contribution in [0.25, 0.3) is 0 Å². The number of rotatable bonds is 3. The summed E-state index contributed by atoms with van der Waals surface area (Å²) in [4.78, 5) is 25.6. The first kappa shape index (κ1) is 12.7. The molecule has 6 nitrogen and oxygen atoms in total. The third-order valence-corrected chi connectivity index (χ3v) is 2.51. The van der Waals surface area contributed by atoms with E-state index in [0.717, 1.165) is 0 Å². The summed E-state index contributed by atoms with van der Waals surface area (Å²) in [5, 5.41) is 2.65. The third-order valence-electron chi connectivity index (χ3n) is 2.51. The minimum absolute atomic E-state index is 0.258. The summed E-state index contributed by atoms with van der Waals surface area (Å²) in [5.41, 5.74) is 6.53. The molecule has 0 aliphatic heterocycles. The molecule has 4 N–H and O–H groups in total. The fourth-order valence-electron chi connectivity index (χ4n) is 1.60. The fourth-order valence-corrected chi connectivity index (χ4v) is 1.60. The van der Waals surface area contributed by atoms with Crippen molar-refractivity contribution in [1.82, 2.24) is 4.98 Å². The molecule has 0 radical (unpaired) electrons. The minimum Gasteiger partial charge on any atom is -0.495 e. The highest BCUT2D eigenvalue weighted by molar-refractivity contribution is 6.05. The van der Waals surface area contributed by atoms with Crippen LogP contribution in [0.4, 0.5) is 11.4 Å². The normalized spacial score (nSPS) is 9.95. The number of ether oxygens (including phenoxy) is 1. The Labute approximate surface area is 109 Å². The molecule has 1 amide bonds. The van der Waals surface area contributed by atoms with Crippen molar-refractivity contribution in [2.24, 2.45) is 0 Å². The number of methoxy groups -OCH3 is 1. The van der Waals surface area contributed by atoms with E-state index < -0.39 is 5.91 Å². The van der Waals surface area contributed by atoms with Crippen LogP contribution in [0.3, 0.4) is 0 Å². The molecule has 0 bridgehead atoms. The quantitative estimate of drug-likeness (QED) is 0.722. The highest BCUT2D eigenvalue weighted by Crippen LogP contribution is 2.26. The Morgan fingerprint density at radius 2 is 2.11 bits per heavy atom. The second kappa shape index (κ2) is 5.26. The average molecular weight is 259 g/mol. The van der Waals surface area contributed by atoms with E-state index in [1.165, 1.54) is 25.4 Å². The van der Waals surface area contributed by atoms with Gasteiger partial charge in [0.25, 0.3) is 5.91 Å². The van der Waals surface area contributed by atoms with E-state index in [1.54, 1.807) is 18.2 Å². The Balaban J connectivity index is 2.28. The molecule has 2 aromatic rings. The van der Waals surface area contributed by atoms with Crippen molar-refractivity contribution >= 4 is 17.3 Å². The Morgan fingerprint density at radius 3 is 2.79 bits per heavy atom. The lowest BCUT2D eigenvalue weighted by molar-refractivity contribution is 0.102. The molecule has 0 spiro atoms. The number of nitrogen functional groups attached to an aromatic ring is 1. The maximum atomic E-state index is 12.0. The third kappa shape index (κ3) is 2.92. The fraction of sp³-hybridized carbons (Fsp3) is 0.0769. The van der Waals surface area contributed by atoms with Crippen LogP contribution < -0.4 is 21.3 Å². The summed E-state index contributed by atoms with van der Waals surface area (Å²) in [6.45, 7) is 0. The Bertz CT molecular complexity index is 664. The van der Waals surface area contributed by atoms with Crippen LogP contribution in [0.15, 0.2) is 41.3 Å². The van der Waals surface area contributed by atoms with E-state index >= 15 is 0 Å². The largest absolute Gasteiger partial charge is 0.495 e. The average Bonchev–Trinajstić information content (AvgIpc) is 2.39. The highest BCUT2D eigenvalue weighted by Gasteiger charge is 2.10. The van der Waals surface area contributed by atoms with Crippen LogP contribution in [-0.2, 0) is 0 Å². The molecule has 0 aliphatic rings. The van der Waals surface area contributed by atoms with Gasteiger partial charge >= 0.3 is 0 Å². The van der Waals surface area contributed by atoms with E-state index in [2.05, 4.69) is 10.3 Å². The zero-order valence-corrected chi connectivity index (χ0v) is 10.3. The topological polar surface area (TPSA) is 97.2 Å². The summed E-state index contributed by atoms with van der Waals surface area (Å²) in [6.07, 6.45) is 1.41. The number of hydrogen-bond acceptors (Lipinski definition) is 4. The SMILES string of the molecule is COc1ccc(N)cc1NC(=O)c1cc[nH]c(=O)c1. The second-order valence-electron chi connectivity index (χ2n) is 3.86. The van der Waals surface area contributed by atoms with Crippen LogP contribution >= 0.6 is 0 Å². The predicted molar refractivity (Wildman–Crippen MR) is 72.4 cm³/mol. The van der Waals surface area contributed by atoms with Gasteiger partial charge in [0.1, 0.15) is 5.75 Å². The number of H-pyrrole nitrogens is 1. The lowest BCUT2D eigenvalue weighted by atomic mass is 10.2. The van der Waals surface area contributed by atoms with Gasteiger partial charge < -0.3 is 20.8 Å². The molecule has 0 fully saturated rings. The van der Waals surface area contributed by atoms with E-state index in [-0.39, 0.29) is 11.1 Å². The van der Waals surface area contributed by atoms with Crippen LogP contribution in [0.2, 0.25) is 0 Å². The summed E-state index contributed by atoms with van der Waals surface area (Å²) in [7, 11) is 1.49. The van der Waals surface area contributed by atoms with Gasteiger partial charge in [-0.25, -0.2) is 0 Å². The molecule has 19 heavy (non-hydrogen) atoms. The maximum Gasteiger partial charge on any atom is 0.256 e. The first-order chi connectivity index (χ1) is 9.10. The van der Waals surface area contributed by atoms with E-state index in [9.17, 15) is 9.59 Å². The van der Waals surface area contributed by atoms with Gasteiger partial charge in [-0.15, -0.1) is 0 Å². The number of carbonyl (C=O) groups is 1. The maximum absolute atomic E-state index is 12.0. The molecular weight excluding hydrogens is 246 g/mol. The highest BCUT2D eigenvalue weighted by atomic mass is 16.5. The number of carbonyl (C=O) groups excluding carboxylic acids is 1. The molecule has 1 aromatic heterocycles. The molecule has 0 unspecified atom stereocenters. The number of pyridine rings is 1. The van der Waals surface area contributed by atoms with Crippen LogP contribution in [0.1, 0.15) is 10.4 Å². The van der Waals surface area contributed by atoms with Gasteiger partial charge in [0.05, 0.1) is 12.8 Å². The molecule has 0 saturated carbocycles. The monoisotopic (exact) mass is 259 g/mol. The number of aromatic nitrogens is 1. The Morgan fingerprint density at radius 1 is 1.32 bits per heavy atom. The van der Waals surface area contributed by atoms with Crippen molar-refractivity contribution in [3.05, 3.63) is 52.4 Å². The predicted octanol–water partition coefficient (Wildman–Crippen LogP) is 1.22. The number of aromatic amines is 1. The summed E-state index contributed by atoms with van der Waals surface area (Å²) in [6, 6.07) is 7.64. The van der Waals surface area contributed by atoms with E-state index in [0.29, 0.717) is 17.1 Å². The Hall–Kier alpha value is -2.76. The molecule has 2 rings (SSSR count). The van der Waals surface area contributed by atoms with Gasteiger partial charge in [0.2, 0.25) is 5.56 Å². The van der Waals surface area contributed by atoms with Gasteiger partial charge in [-0.05, 0) is 24.3 Å². The lowest BCUT2D eigenvalue weighted by Crippen LogP contribution is -2.16. The molecule has 98 valence electrons. The molecule has 1 heterocycles. The minimum atomic E-state index is -0.407. The zero-order valence-electron chi connectivity index (χ0n) is 10.3. The molecule has 0 atom stereocenters. The van der Waals surface area contributed by atoms with Gasteiger partial charge in [-0.3, -0.25) is 9.59 Å². The summed E-state index contributed by atoms with van der Waals surface area (Å²) >= 11 is 0. The lowest BCUT2D eigenvalue weighted by Gasteiger charge is -2.10. The first-order valence-electron chi connectivity index (χ1n) is 5.54. The van der Waals surface area contributed by atoms with E-state index in [4.69, 9.17) is 10.5 Å².